The van der Waals surface area contributed by atoms with Gasteiger partial charge in [0.25, 0.3) is 0 Å². The summed E-state index contributed by atoms with van der Waals surface area (Å²) in [5.41, 5.74) is 2.10. The van der Waals surface area contributed by atoms with E-state index < -0.39 is 0 Å². The van der Waals surface area contributed by atoms with E-state index in [9.17, 15) is 0 Å². The molecule has 0 aliphatic carbocycles. The summed E-state index contributed by atoms with van der Waals surface area (Å²) in [4.78, 5) is 4.40. The zero-order valence-electron chi connectivity index (χ0n) is 9.29. The minimum absolute atomic E-state index is 0.0340. The van der Waals surface area contributed by atoms with E-state index >= 15 is 0 Å². The fourth-order valence-electron chi connectivity index (χ4n) is 1.13. The molecular weight excluding hydrogens is 176 g/mol. The lowest BCUT2D eigenvalue weighted by Crippen LogP contribution is -2.69. The van der Waals surface area contributed by atoms with Crippen LogP contribution < -0.4 is 10.1 Å². The van der Waals surface area contributed by atoms with Crippen molar-refractivity contribution >= 4 is 5.69 Å². The molecule has 0 fully saturated rings. The zero-order valence-corrected chi connectivity index (χ0v) is 9.29. The Morgan fingerprint density at radius 1 is 1.36 bits per heavy atom. The van der Waals surface area contributed by atoms with Crippen molar-refractivity contribution in [3.05, 3.63) is 24.9 Å². The third-order valence-corrected chi connectivity index (χ3v) is 2.04. The zero-order chi connectivity index (χ0) is 10.8. The number of aromatic nitrogens is 1. The van der Waals surface area contributed by atoms with Gasteiger partial charge in [0.1, 0.15) is 5.69 Å². The van der Waals surface area contributed by atoms with Crippen LogP contribution in [0.15, 0.2) is 12.1 Å². The van der Waals surface area contributed by atoms with Gasteiger partial charge in [-0.15, -0.1) is 7.05 Å². The summed E-state index contributed by atoms with van der Waals surface area (Å²) in [6.07, 6.45) is 0. The van der Waals surface area contributed by atoms with Crippen LogP contribution in [0.25, 0.3) is 0 Å². The van der Waals surface area contributed by atoms with E-state index in [1.807, 2.05) is 12.1 Å². The number of nitrogens with zero attached hydrogens (tertiary/aromatic N) is 1. The van der Waals surface area contributed by atoms with Gasteiger partial charge in [-0.25, -0.2) is 4.98 Å². The van der Waals surface area contributed by atoms with Crippen LogP contribution in [0.3, 0.4) is 0 Å². The Bertz CT molecular complexity index is 293. The highest BCUT2D eigenvalue weighted by Gasteiger charge is 2.17. The van der Waals surface area contributed by atoms with Crippen LogP contribution in [-0.4, -0.2) is 12.1 Å². The molecule has 0 bridgehead atoms. The molecule has 0 atom stereocenters. The fraction of sp³-hybridized carbons (Fsp3) is 0.455. The van der Waals surface area contributed by atoms with E-state index in [4.69, 9.17) is 4.74 Å². The normalized spacial score (nSPS) is 11.5. The molecule has 1 heterocycles. The van der Waals surface area contributed by atoms with Crippen molar-refractivity contribution in [1.82, 2.24) is 4.98 Å². The van der Waals surface area contributed by atoms with Crippen LogP contribution in [0.5, 0.6) is 5.88 Å². The fourth-order valence-corrected chi connectivity index (χ4v) is 1.13. The SMILES string of the molecule is [CH2-][NH2+]c1cc(OC)nc(C(C)(C)C)c1. The summed E-state index contributed by atoms with van der Waals surface area (Å²) in [6.45, 7) is 6.38. The molecule has 3 nitrogen and oxygen atoms in total. The molecule has 14 heavy (non-hydrogen) atoms. The second-order valence-electron chi connectivity index (χ2n) is 4.28. The summed E-state index contributed by atoms with van der Waals surface area (Å²) in [5.74, 6) is 0.646. The molecule has 0 saturated heterocycles. The van der Waals surface area contributed by atoms with Crippen LogP contribution in [0.2, 0.25) is 0 Å². The maximum atomic E-state index is 5.13. The molecule has 2 N–H and O–H groups in total. The van der Waals surface area contributed by atoms with E-state index in [1.54, 1.807) is 12.4 Å². The first kappa shape index (κ1) is 11.0. The van der Waals surface area contributed by atoms with Gasteiger partial charge in [-0.2, -0.15) is 0 Å². The van der Waals surface area contributed by atoms with Gasteiger partial charge in [0, 0.05) is 11.5 Å². The first-order chi connectivity index (χ1) is 6.47. The molecule has 1 aromatic heterocycles. The summed E-state index contributed by atoms with van der Waals surface area (Å²) >= 11 is 0. The molecular formula is C11H18N2O. The van der Waals surface area contributed by atoms with Gasteiger partial charge < -0.3 is 10.1 Å². The smallest absolute Gasteiger partial charge is 0.219 e. The van der Waals surface area contributed by atoms with E-state index in [0.29, 0.717) is 5.88 Å². The van der Waals surface area contributed by atoms with Gasteiger partial charge in [-0.05, 0) is 0 Å². The van der Waals surface area contributed by atoms with Gasteiger partial charge in [-0.1, -0.05) is 20.8 Å². The lowest BCUT2D eigenvalue weighted by atomic mass is 9.91. The van der Waals surface area contributed by atoms with Crippen LogP contribution in [0, 0.1) is 7.05 Å². The Morgan fingerprint density at radius 2 is 2.00 bits per heavy atom. The summed E-state index contributed by atoms with van der Waals surface area (Å²) in [6, 6.07) is 3.91. The van der Waals surface area contributed by atoms with Crippen molar-refractivity contribution in [1.29, 1.82) is 0 Å². The monoisotopic (exact) mass is 194 g/mol. The first-order valence-electron chi connectivity index (χ1n) is 4.66. The molecule has 1 aromatic rings. The minimum Gasteiger partial charge on any atom is -0.481 e. The third-order valence-electron chi connectivity index (χ3n) is 2.04. The molecule has 78 valence electrons. The maximum Gasteiger partial charge on any atom is 0.219 e. The second-order valence-corrected chi connectivity index (χ2v) is 4.28. The Hall–Kier alpha value is -1.09. The van der Waals surface area contributed by atoms with Gasteiger partial charge >= 0.3 is 0 Å². The maximum absolute atomic E-state index is 5.13. The molecule has 0 aromatic carbocycles. The van der Waals surface area contributed by atoms with Crippen molar-refractivity contribution in [2.24, 2.45) is 0 Å². The number of pyridine rings is 1. The number of ether oxygens (including phenoxy) is 1. The van der Waals surface area contributed by atoms with Crippen LogP contribution in [0.4, 0.5) is 5.69 Å². The number of rotatable bonds is 2. The number of hydrogen-bond acceptors (Lipinski definition) is 2. The summed E-state index contributed by atoms with van der Waals surface area (Å²) < 4.78 is 5.13. The third kappa shape index (κ3) is 2.45. The van der Waals surface area contributed by atoms with Crippen molar-refractivity contribution < 1.29 is 10.1 Å². The quantitative estimate of drug-likeness (QED) is 0.722. The highest BCUT2D eigenvalue weighted by Crippen LogP contribution is 2.24. The number of nitrogens with two attached hydrogens (primary N) is 1. The van der Waals surface area contributed by atoms with Crippen LogP contribution in [0.1, 0.15) is 26.5 Å². The van der Waals surface area contributed by atoms with Crippen LogP contribution in [-0.2, 0) is 5.41 Å². The molecule has 0 spiro atoms. The molecule has 0 aliphatic heterocycles. The Labute approximate surface area is 85.5 Å². The van der Waals surface area contributed by atoms with Gasteiger partial charge in [0.15, 0.2) is 0 Å². The predicted molar refractivity (Wildman–Crippen MR) is 56.4 cm³/mol. The molecule has 0 unspecified atom stereocenters. The van der Waals surface area contributed by atoms with Crippen molar-refractivity contribution in [2.75, 3.05) is 7.11 Å². The standard InChI is InChI=1S/C11H18N2O/c1-11(2,3)9-6-8(12-4)7-10(13-9)14-5/h6-7H,4,12H2,1-3,5H3. The Morgan fingerprint density at radius 3 is 2.43 bits per heavy atom. The topological polar surface area (TPSA) is 38.7 Å². The Balaban J connectivity index is 3.17. The average molecular weight is 194 g/mol. The molecule has 0 saturated carbocycles. The summed E-state index contributed by atoms with van der Waals surface area (Å²) in [7, 11) is 5.37. The lowest BCUT2D eigenvalue weighted by Gasteiger charge is -2.18. The van der Waals surface area contributed by atoms with E-state index in [-0.39, 0.29) is 5.41 Å². The number of hydrogen-bond donors (Lipinski definition) is 1. The number of methoxy groups -OCH3 is 1. The van der Waals surface area contributed by atoms with E-state index in [1.165, 1.54) is 0 Å². The summed E-state index contributed by atoms with van der Waals surface area (Å²) in [5, 5.41) is 1.80. The number of quaternary nitrogens is 1. The van der Waals surface area contributed by atoms with E-state index in [0.717, 1.165) is 11.4 Å². The van der Waals surface area contributed by atoms with Crippen LogP contribution >= 0.6 is 0 Å². The second kappa shape index (κ2) is 3.96. The van der Waals surface area contributed by atoms with Gasteiger partial charge in [-0.3, -0.25) is 0 Å². The lowest BCUT2D eigenvalue weighted by molar-refractivity contribution is -0.504. The van der Waals surface area contributed by atoms with Gasteiger partial charge in [0.2, 0.25) is 5.88 Å². The van der Waals surface area contributed by atoms with E-state index in [2.05, 4.69) is 32.8 Å². The minimum atomic E-state index is 0.0340. The van der Waals surface area contributed by atoms with Crippen molar-refractivity contribution in [3.63, 3.8) is 0 Å². The molecule has 0 radical (unpaired) electrons. The Kier molecular flexibility index (Phi) is 3.11. The first-order valence-corrected chi connectivity index (χ1v) is 4.66. The van der Waals surface area contributed by atoms with Gasteiger partial charge in [0.05, 0.1) is 18.9 Å². The molecule has 0 aliphatic rings. The molecule has 3 heteroatoms. The predicted octanol–water partition coefficient (Wildman–Crippen LogP) is 1.37. The largest absolute Gasteiger partial charge is 0.481 e. The highest BCUT2D eigenvalue weighted by molar-refractivity contribution is 5.37. The average Bonchev–Trinajstić information content (AvgIpc) is 2.15. The van der Waals surface area contributed by atoms with Crippen molar-refractivity contribution in [2.45, 2.75) is 26.2 Å². The highest BCUT2D eigenvalue weighted by atomic mass is 16.5. The molecule has 0 amide bonds. The molecule has 1 rings (SSSR count). The van der Waals surface area contributed by atoms with Crippen molar-refractivity contribution in [3.8, 4) is 5.88 Å².